The van der Waals surface area contributed by atoms with Gasteiger partial charge in [-0.1, -0.05) is 0 Å². The summed E-state index contributed by atoms with van der Waals surface area (Å²) in [5, 5.41) is 24.8. The molecule has 0 amide bonds. The predicted molar refractivity (Wildman–Crippen MR) is 91.5 cm³/mol. The Morgan fingerprint density at radius 2 is 1.71 bits per heavy atom. The van der Waals surface area contributed by atoms with E-state index in [2.05, 4.69) is 10.6 Å². The quantitative estimate of drug-likeness (QED) is 0.578. The molecule has 0 spiro atoms. The second-order valence-corrected chi connectivity index (χ2v) is 5.00. The number of methoxy groups -OCH3 is 2. The van der Waals surface area contributed by atoms with Gasteiger partial charge in [0.15, 0.2) is 0 Å². The molecule has 2 aromatic carbocycles. The Morgan fingerprint density at radius 1 is 1.08 bits per heavy atom. The van der Waals surface area contributed by atoms with E-state index >= 15 is 0 Å². The van der Waals surface area contributed by atoms with Crippen molar-refractivity contribution in [1.82, 2.24) is 0 Å². The van der Waals surface area contributed by atoms with Crippen molar-refractivity contribution in [3.63, 3.8) is 0 Å². The highest BCUT2D eigenvalue weighted by atomic mass is 16.5. The summed E-state index contributed by atoms with van der Waals surface area (Å²) in [6.07, 6.45) is 0. The third kappa shape index (κ3) is 3.62. The number of hydrogen-bond acceptors (Lipinski definition) is 6. The molecule has 0 fully saturated rings. The van der Waals surface area contributed by atoms with Gasteiger partial charge in [0.25, 0.3) is 0 Å². The number of benzene rings is 2. The number of anilines is 2. The normalized spacial score (nSPS) is 10.1. The van der Waals surface area contributed by atoms with Crippen molar-refractivity contribution in [3.8, 4) is 17.2 Å². The van der Waals surface area contributed by atoms with E-state index in [1.165, 1.54) is 12.1 Å². The van der Waals surface area contributed by atoms with Crippen molar-refractivity contribution < 1.29 is 24.5 Å². The van der Waals surface area contributed by atoms with Crippen LogP contribution in [0.25, 0.3) is 0 Å². The van der Waals surface area contributed by atoms with Crippen molar-refractivity contribution >= 4 is 17.3 Å². The third-order valence-corrected chi connectivity index (χ3v) is 3.59. The number of carboxylic acids is 1. The molecule has 0 heterocycles. The lowest BCUT2D eigenvalue weighted by Gasteiger charge is -2.16. The summed E-state index contributed by atoms with van der Waals surface area (Å²) in [6.45, 7) is 0.361. The number of hydrogen-bond donors (Lipinski definition) is 4. The largest absolute Gasteiger partial charge is 0.507 e. The minimum Gasteiger partial charge on any atom is -0.507 e. The van der Waals surface area contributed by atoms with E-state index < -0.39 is 5.97 Å². The number of carboxylic acid groups (broad SMARTS) is 1. The van der Waals surface area contributed by atoms with Gasteiger partial charge >= 0.3 is 5.97 Å². The van der Waals surface area contributed by atoms with Crippen LogP contribution in [0.5, 0.6) is 17.2 Å². The molecule has 4 N–H and O–H groups in total. The van der Waals surface area contributed by atoms with E-state index in [9.17, 15) is 9.90 Å². The van der Waals surface area contributed by atoms with Crippen molar-refractivity contribution in [2.75, 3.05) is 31.9 Å². The molecule has 0 aromatic heterocycles. The molecule has 7 nitrogen and oxygen atoms in total. The van der Waals surface area contributed by atoms with E-state index in [0.29, 0.717) is 23.7 Å². The SMILES string of the molecule is CNc1cc(OC)c(CNc2ccc(O)c(C(=O)O)c2)c(OC)c1. The van der Waals surface area contributed by atoms with Gasteiger partial charge in [-0.05, 0) is 18.2 Å². The van der Waals surface area contributed by atoms with Crippen LogP contribution < -0.4 is 20.1 Å². The van der Waals surface area contributed by atoms with Crippen LogP contribution in [0.2, 0.25) is 0 Å². The van der Waals surface area contributed by atoms with Gasteiger partial charge in [0.2, 0.25) is 0 Å². The standard InChI is InChI=1S/C17H20N2O5/c1-18-11-7-15(23-2)13(16(8-11)24-3)9-19-10-4-5-14(20)12(6-10)17(21)22/h4-8,18-20H,9H2,1-3H3,(H,21,22). The number of ether oxygens (including phenoxy) is 2. The molecule has 0 unspecified atom stereocenters. The Kier molecular flexibility index (Phi) is 5.36. The minimum absolute atomic E-state index is 0.163. The zero-order valence-corrected chi connectivity index (χ0v) is 13.7. The van der Waals surface area contributed by atoms with Gasteiger partial charge in [-0.25, -0.2) is 4.79 Å². The molecule has 128 valence electrons. The fourth-order valence-corrected chi connectivity index (χ4v) is 2.31. The van der Waals surface area contributed by atoms with Gasteiger partial charge in [-0.2, -0.15) is 0 Å². The fraction of sp³-hybridized carbons (Fsp3) is 0.235. The van der Waals surface area contributed by atoms with Gasteiger partial charge in [-0.15, -0.1) is 0 Å². The highest BCUT2D eigenvalue weighted by Gasteiger charge is 2.14. The molecule has 7 heteroatoms. The minimum atomic E-state index is -1.19. The molecule has 24 heavy (non-hydrogen) atoms. The number of carbonyl (C=O) groups is 1. The number of phenols is 1. The van der Waals surface area contributed by atoms with Crippen LogP contribution >= 0.6 is 0 Å². The van der Waals surface area contributed by atoms with E-state index in [1.807, 2.05) is 12.1 Å². The van der Waals surface area contributed by atoms with Crippen LogP contribution in [0, 0.1) is 0 Å². The summed E-state index contributed by atoms with van der Waals surface area (Å²) in [5.74, 6) is -0.182. The second kappa shape index (κ2) is 7.45. The summed E-state index contributed by atoms with van der Waals surface area (Å²) >= 11 is 0. The molecule has 0 aliphatic heterocycles. The zero-order chi connectivity index (χ0) is 17.7. The van der Waals surface area contributed by atoms with Crippen LogP contribution in [0.1, 0.15) is 15.9 Å². The van der Waals surface area contributed by atoms with Crippen LogP contribution in [-0.4, -0.2) is 37.4 Å². The Labute approximate surface area is 139 Å². The average molecular weight is 332 g/mol. The first-order valence-corrected chi connectivity index (χ1v) is 7.23. The molecule has 0 aliphatic carbocycles. The van der Waals surface area contributed by atoms with E-state index in [0.717, 1.165) is 11.3 Å². The maximum absolute atomic E-state index is 11.1. The second-order valence-electron chi connectivity index (χ2n) is 5.00. The summed E-state index contributed by atoms with van der Waals surface area (Å²) < 4.78 is 10.8. The van der Waals surface area contributed by atoms with Gasteiger partial charge in [0, 0.05) is 37.1 Å². The molecular weight excluding hydrogens is 312 g/mol. The van der Waals surface area contributed by atoms with Crippen LogP contribution in [0.15, 0.2) is 30.3 Å². The van der Waals surface area contributed by atoms with Crippen molar-refractivity contribution in [3.05, 3.63) is 41.5 Å². The highest BCUT2D eigenvalue weighted by Crippen LogP contribution is 2.33. The molecule has 0 atom stereocenters. The van der Waals surface area contributed by atoms with Crippen molar-refractivity contribution in [1.29, 1.82) is 0 Å². The zero-order valence-electron chi connectivity index (χ0n) is 13.7. The van der Waals surface area contributed by atoms with Gasteiger partial charge in [0.1, 0.15) is 22.8 Å². The maximum Gasteiger partial charge on any atom is 0.339 e. The summed E-state index contributed by atoms with van der Waals surface area (Å²) in [7, 11) is 4.94. The molecule has 0 saturated heterocycles. The van der Waals surface area contributed by atoms with E-state index in [4.69, 9.17) is 14.6 Å². The van der Waals surface area contributed by atoms with Crippen LogP contribution in [0.3, 0.4) is 0 Å². The summed E-state index contributed by atoms with van der Waals surface area (Å²) in [4.78, 5) is 11.1. The molecule has 0 bridgehead atoms. The van der Waals surface area contributed by atoms with Crippen molar-refractivity contribution in [2.24, 2.45) is 0 Å². The van der Waals surface area contributed by atoms with Crippen LogP contribution in [0.4, 0.5) is 11.4 Å². The van der Waals surface area contributed by atoms with Gasteiger partial charge in [-0.3, -0.25) is 0 Å². The number of nitrogens with one attached hydrogen (secondary N) is 2. The van der Waals surface area contributed by atoms with E-state index in [-0.39, 0.29) is 11.3 Å². The fourth-order valence-electron chi connectivity index (χ4n) is 2.31. The number of rotatable bonds is 7. The molecule has 0 radical (unpaired) electrons. The summed E-state index contributed by atoms with van der Waals surface area (Å²) in [6, 6.07) is 8.00. The Balaban J connectivity index is 2.29. The first-order chi connectivity index (χ1) is 11.5. The number of aromatic hydroxyl groups is 1. The van der Waals surface area contributed by atoms with Crippen molar-refractivity contribution in [2.45, 2.75) is 6.54 Å². The monoisotopic (exact) mass is 332 g/mol. The maximum atomic E-state index is 11.1. The lowest BCUT2D eigenvalue weighted by atomic mass is 10.1. The molecule has 2 rings (SSSR count). The van der Waals surface area contributed by atoms with Gasteiger partial charge in [0.05, 0.1) is 19.8 Å². The van der Waals surface area contributed by atoms with Crippen LogP contribution in [-0.2, 0) is 6.54 Å². The molecule has 2 aromatic rings. The summed E-state index contributed by atoms with van der Waals surface area (Å²) in [5.41, 5.74) is 2.05. The molecule has 0 saturated carbocycles. The van der Waals surface area contributed by atoms with E-state index in [1.54, 1.807) is 27.3 Å². The lowest BCUT2D eigenvalue weighted by Crippen LogP contribution is -2.06. The first kappa shape index (κ1) is 17.3. The Morgan fingerprint density at radius 3 is 2.21 bits per heavy atom. The molecular formula is C17H20N2O5. The smallest absolute Gasteiger partial charge is 0.339 e. The molecule has 0 aliphatic rings. The highest BCUT2D eigenvalue weighted by molar-refractivity contribution is 5.92. The first-order valence-electron chi connectivity index (χ1n) is 7.23. The lowest BCUT2D eigenvalue weighted by molar-refractivity contribution is 0.0694. The third-order valence-electron chi connectivity index (χ3n) is 3.59. The van der Waals surface area contributed by atoms with Gasteiger partial charge < -0.3 is 30.3 Å². The Hall–Kier alpha value is -3.09. The predicted octanol–water partition coefficient (Wildman–Crippen LogP) is 2.76. The number of aromatic carboxylic acids is 1. The average Bonchev–Trinajstić information content (AvgIpc) is 2.59. The Bertz CT molecular complexity index is 721. The topological polar surface area (TPSA) is 100 Å².